The lowest BCUT2D eigenvalue weighted by atomic mass is 10.1. The highest BCUT2D eigenvalue weighted by molar-refractivity contribution is 7.89. The zero-order chi connectivity index (χ0) is 15.5. The minimum absolute atomic E-state index is 0.0336. The summed E-state index contributed by atoms with van der Waals surface area (Å²) in [7, 11) is -1.94. The van der Waals surface area contributed by atoms with Gasteiger partial charge in [0.05, 0.1) is 17.4 Å². The molecule has 1 amide bonds. The van der Waals surface area contributed by atoms with Crippen LogP contribution in [0.5, 0.6) is 0 Å². The van der Waals surface area contributed by atoms with Gasteiger partial charge < -0.3 is 4.90 Å². The van der Waals surface area contributed by atoms with Gasteiger partial charge in [-0.25, -0.2) is 13.1 Å². The Kier molecular flexibility index (Phi) is 4.60. The number of nitrogens with one attached hydrogen (secondary N) is 1. The molecule has 0 aliphatic carbocycles. The first-order valence-corrected chi connectivity index (χ1v) is 8.13. The van der Waals surface area contributed by atoms with E-state index in [-0.39, 0.29) is 23.3 Å². The van der Waals surface area contributed by atoms with Crippen LogP contribution in [0.4, 0.5) is 0 Å². The molecule has 0 bridgehead atoms. The lowest BCUT2D eigenvalue weighted by Crippen LogP contribution is -2.48. The van der Waals surface area contributed by atoms with Crippen molar-refractivity contribution in [1.82, 2.24) is 9.62 Å². The molecule has 1 aliphatic heterocycles. The molecule has 0 saturated carbocycles. The van der Waals surface area contributed by atoms with Gasteiger partial charge in [-0.1, -0.05) is 12.1 Å². The van der Waals surface area contributed by atoms with E-state index in [2.05, 4.69) is 4.72 Å². The number of likely N-dealkylation sites (N-methyl/N-ethyl adjacent to an activating group) is 1. The molecule has 7 heteroatoms. The molecular weight excluding hydrogens is 290 g/mol. The second kappa shape index (κ2) is 6.24. The van der Waals surface area contributed by atoms with E-state index in [0.29, 0.717) is 19.4 Å². The van der Waals surface area contributed by atoms with Crippen LogP contribution in [-0.2, 0) is 21.2 Å². The minimum atomic E-state index is -3.60. The second-order valence-corrected chi connectivity index (χ2v) is 6.82. The van der Waals surface area contributed by atoms with Gasteiger partial charge in [0.1, 0.15) is 0 Å². The van der Waals surface area contributed by atoms with Gasteiger partial charge in [-0.3, -0.25) is 4.79 Å². The Morgan fingerprint density at radius 3 is 2.62 bits per heavy atom. The van der Waals surface area contributed by atoms with Crippen LogP contribution >= 0.6 is 0 Å². The number of carbonyl (C=O) groups is 1. The zero-order valence-electron chi connectivity index (χ0n) is 11.7. The van der Waals surface area contributed by atoms with Crippen molar-refractivity contribution in [2.75, 3.05) is 13.6 Å². The molecule has 1 unspecified atom stereocenters. The predicted octanol–water partition coefficient (Wildman–Crippen LogP) is 0.652. The molecule has 1 N–H and O–H groups in total. The van der Waals surface area contributed by atoms with Gasteiger partial charge in [0.15, 0.2) is 0 Å². The molecule has 1 heterocycles. The number of nitrogens with zero attached hydrogens (tertiary/aromatic N) is 2. The smallest absolute Gasteiger partial charge is 0.240 e. The van der Waals surface area contributed by atoms with Gasteiger partial charge in [0, 0.05) is 26.1 Å². The van der Waals surface area contributed by atoms with E-state index in [4.69, 9.17) is 5.26 Å². The van der Waals surface area contributed by atoms with Gasteiger partial charge in [-0.2, -0.15) is 5.26 Å². The Hall–Kier alpha value is -1.91. The number of benzene rings is 1. The van der Waals surface area contributed by atoms with E-state index >= 15 is 0 Å². The summed E-state index contributed by atoms with van der Waals surface area (Å²) in [5.41, 5.74) is 0.777. The van der Waals surface area contributed by atoms with Crippen LogP contribution in [0.25, 0.3) is 0 Å². The zero-order valence-corrected chi connectivity index (χ0v) is 12.6. The molecule has 1 saturated heterocycles. The van der Waals surface area contributed by atoms with Crippen molar-refractivity contribution >= 4 is 15.9 Å². The van der Waals surface area contributed by atoms with Crippen LogP contribution in [0, 0.1) is 11.3 Å². The highest BCUT2D eigenvalue weighted by atomic mass is 32.2. The van der Waals surface area contributed by atoms with E-state index in [9.17, 15) is 13.2 Å². The van der Waals surface area contributed by atoms with Crippen LogP contribution in [0.15, 0.2) is 29.2 Å². The summed E-state index contributed by atoms with van der Waals surface area (Å²) in [5, 5.41) is 8.60. The average Bonchev–Trinajstić information content (AvgIpc) is 2.44. The molecule has 0 aromatic heterocycles. The van der Waals surface area contributed by atoms with E-state index in [1.54, 1.807) is 19.2 Å². The molecule has 112 valence electrons. The summed E-state index contributed by atoms with van der Waals surface area (Å²) in [6.45, 7) is 0.380. The Labute approximate surface area is 124 Å². The Bertz CT molecular complexity index is 662. The number of rotatable bonds is 4. The normalized spacial score (nSPS) is 19.3. The maximum atomic E-state index is 12.3. The summed E-state index contributed by atoms with van der Waals surface area (Å²) >= 11 is 0. The van der Waals surface area contributed by atoms with Gasteiger partial charge in [0.25, 0.3) is 0 Å². The Morgan fingerprint density at radius 1 is 1.38 bits per heavy atom. The summed E-state index contributed by atoms with van der Waals surface area (Å²) in [5.74, 6) is 0.0336. The molecule has 1 aromatic carbocycles. The van der Waals surface area contributed by atoms with Crippen molar-refractivity contribution in [3.05, 3.63) is 29.8 Å². The molecular formula is C14H17N3O3S. The third-order valence-electron chi connectivity index (χ3n) is 3.47. The van der Waals surface area contributed by atoms with Crippen LogP contribution < -0.4 is 4.72 Å². The molecule has 0 radical (unpaired) electrons. The fourth-order valence-electron chi connectivity index (χ4n) is 2.27. The SMILES string of the molecule is CN1CC(NS(=O)(=O)c2ccc(CC#N)cc2)CCC1=O. The molecule has 1 atom stereocenters. The summed E-state index contributed by atoms with van der Waals surface area (Å²) in [6, 6.07) is 8.00. The first-order valence-electron chi connectivity index (χ1n) is 6.64. The quantitative estimate of drug-likeness (QED) is 0.884. The van der Waals surface area contributed by atoms with Crippen molar-refractivity contribution in [3.63, 3.8) is 0 Å². The minimum Gasteiger partial charge on any atom is -0.344 e. The van der Waals surface area contributed by atoms with E-state index in [0.717, 1.165) is 5.56 Å². The number of sulfonamides is 1. The fraction of sp³-hybridized carbons (Fsp3) is 0.429. The fourth-order valence-corrected chi connectivity index (χ4v) is 3.54. The van der Waals surface area contributed by atoms with E-state index in [1.807, 2.05) is 6.07 Å². The monoisotopic (exact) mass is 307 g/mol. The summed E-state index contributed by atoms with van der Waals surface area (Å²) in [6.07, 6.45) is 1.11. The van der Waals surface area contributed by atoms with Crippen LogP contribution in [0.3, 0.4) is 0 Å². The average molecular weight is 307 g/mol. The highest BCUT2D eigenvalue weighted by Crippen LogP contribution is 2.15. The Morgan fingerprint density at radius 2 is 2.05 bits per heavy atom. The topological polar surface area (TPSA) is 90.3 Å². The van der Waals surface area contributed by atoms with Crippen LogP contribution in [-0.4, -0.2) is 38.9 Å². The van der Waals surface area contributed by atoms with E-state index in [1.165, 1.54) is 17.0 Å². The van der Waals surface area contributed by atoms with Crippen molar-refractivity contribution in [1.29, 1.82) is 5.26 Å². The number of likely N-dealkylation sites (tertiary alicyclic amines) is 1. The second-order valence-electron chi connectivity index (χ2n) is 5.11. The standard InChI is InChI=1S/C14H17N3O3S/c1-17-10-12(4-7-14(17)18)16-21(19,20)13-5-2-11(3-6-13)8-9-15/h2-3,5-6,12,16H,4,7-8,10H2,1H3. The number of carbonyl (C=O) groups excluding carboxylic acids is 1. The van der Waals surface area contributed by atoms with Crippen LogP contribution in [0.2, 0.25) is 0 Å². The molecule has 21 heavy (non-hydrogen) atoms. The van der Waals surface area contributed by atoms with Crippen molar-refractivity contribution < 1.29 is 13.2 Å². The number of piperidine rings is 1. The molecule has 0 spiro atoms. The molecule has 6 nitrogen and oxygen atoms in total. The van der Waals surface area contributed by atoms with Crippen molar-refractivity contribution in [3.8, 4) is 6.07 Å². The maximum Gasteiger partial charge on any atom is 0.240 e. The Balaban J connectivity index is 2.08. The summed E-state index contributed by atoms with van der Waals surface area (Å²) in [4.78, 5) is 13.1. The first-order chi connectivity index (χ1) is 9.92. The lowest BCUT2D eigenvalue weighted by Gasteiger charge is -2.29. The van der Waals surface area contributed by atoms with E-state index < -0.39 is 10.0 Å². The van der Waals surface area contributed by atoms with Gasteiger partial charge in [-0.15, -0.1) is 0 Å². The van der Waals surface area contributed by atoms with Crippen molar-refractivity contribution in [2.45, 2.75) is 30.2 Å². The summed E-state index contributed by atoms with van der Waals surface area (Å²) < 4.78 is 27.2. The van der Waals surface area contributed by atoms with Crippen molar-refractivity contribution in [2.24, 2.45) is 0 Å². The maximum absolute atomic E-state index is 12.3. The number of nitriles is 1. The molecule has 1 aliphatic rings. The number of amides is 1. The van der Waals surface area contributed by atoms with Gasteiger partial charge >= 0.3 is 0 Å². The largest absolute Gasteiger partial charge is 0.344 e. The molecule has 1 fully saturated rings. The third kappa shape index (κ3) is 3.80. The molecule has 1 aromatic rings. The first kappa shape index (κ1) is 15.5. The number of hydrogen-bond acceptors (Lipinski definition) is 4. The molecule has 2 rings (SSSR count). The third-order valence-corrected chi connectivity index (χ3v) is 5.00. The highest BCUT2D eigenvalue weighted by Gasteiger charge is 2.27. The van der Waals surface area contributed by atoms with Gasteiger partial charge in [-0.05, 0) is 24.1 Å². The predicted molar refractivity (Wildman–Crippen MR) is 76.7 cm³/mol. The lowest BCUT2D eigenvalue weighted by molar-refractivity contribution is -0.132. The van der Waals surface area contributed by atoms with Crippen LogP contribution in [0.1, 0.15) is 18.4 Å². The van der Waals surface area contributed by atoms with Gasteiger partial charge in [0.2, 0.25) is 15.9 Å². The number of hydrogen-bond donors (Lipinski definition) is 1.